The molecule has 1 unspecified atom stereocenters. The third kappa shape index (κ3) is 4.96. The fourth-order valence-corrected chi connectivity index (χ4v) is 5.97. The Labute approximate surface area is 230 Å². The summed E-state index contributed by atoms with van der Waals surface area (Å²) in [6.45, 7) is 6.29. The lowest BCUT2D eigenvalue weighted by molar-refractivity contribution is -0.136. The van der Waals surface area contributed by atoms with Crippen LogP contribution in [0.5, 0.6) is 0 Å². The Morgan fingerprint density at radius 2 is 2.08 bits per heavy atom. The Hall–Kier alpha value is -3.19. The van der Waals surface area contributed by atoms with Crippen LogP contribution < -0.4 is 26.2 Å². The molecule has 202 valence electrons. The summed E-state index contributed by atoms with van der Waals surface area (Å²) < 4.78 is 12.3. The standard InChI is InChI=1S/C25H30N8O3S.ClH/c1-16-13-17(4-5-27-16)25(28-6-10-36-25)23(34)29-19-14-20-21(30-22(19)33-7-2-3-18(26)15-33)31-24(37-20)32-8-11-35-12-9-32;/h4-6,10,13-14,18,28H,2-3,7-9,11-12,15,26H2,1H3,(H,29,34);1H/t18?,25-;/m0./s1. The topological polar surface area (TPSA) is 131 Å². The van der Waals surface area contributed by atoms with Crippen molar-refractivity contribution >= 4 is 56.6 Å². The first-order valence-electron chi connectivity index (χ1n) is 12.5. The van der Waals surface area contributed by atoms with E-state index in [1.165, 1.54) is 6.26 Å². The minimum Gasteiger partial charge on any atom is -0.461 e. The van der Waals surface area contributed by atoms with Crippen LogP contribution in [-0.2, 0) is 20.0 Å². The van der Waals surface area contributed by atoms with Crippen molar-refractivity contribution in [3.63, 3.8) is 0 Å². The summed E-state index contributed by atoms with van der Waals surface area (Å²) >= 11 is 1.57. The van der Waals surface area contributed by atoms with Gasteiger partial charge in [0.15, 0.2) is 16.6 Å². The number of aryl methyl sites for hydroxylation is 1. The van der Waals surface area contributed by atoms with Crippen LogP contribution in [0.1, 0.15) is 24.1 Å². The number of thiazole rings is 1. The van der Waals surface area contributed by atoms with Crippen molar-refractivity contribution in [3.05, 3.63) is 48.1 Å². The fraction of sp³-hybridized carbons (Fsp3) is 0.440. The number of aromatic nitrogens is 3. The van der Waals surface area contributed by atoms with Gasteiger partial charge >= 0.3 is 0 Å². The van der Waals surface area contributed by atoms with Crippen molar-refractivity contribution < 1.29 is 14.3 Å². The number of nitrogens with one attached hydrogen (secondary N) is 2. The zero-order valence-electron chi connectivity index (χ0n) is 21.1. The molecule has 0 aromatic carbocycles. The number of ether oxygens (including phenoxy) is 2. The van der Waals surface area contributed by atoms with Gasteiger partial charge in [-0.15, -0.1) is 12.4 Å². The number of piperidine rings is 1. The SMILES string of the molecule is Cc1cc([C@]2(C(=O)Nc3cc4sc(N5CCOCC5)nc4nc3N3CCCC(N)C3)NC=CO2)ccn1.Cl. The molecule has 0 bridgehead atoms. The molecule has 6 rings (SSSR count). The molecule has 11 nitrogen and oxygen atoms in total. The predicted octanol–water partition coefficient (Wildman–Crippen LogP) is 2.46. The maximum Gasteiger partial charge on any atom is 0.295 e. The summed E-state index contributed by atoms with van der Waals surface area (Å²) in [5, 5.41) is 7.12. The highest BCUT2D eigenvalue weighted by Gasteiger charge is 2.44. The second kappa shape index (κ2) is 10.9. The Kier molecular flexibility index (Phi) is 7.57. The fourth-order valence-electron chi connectivity index (χ4n) is 4.97. The van der Waals surface area contributed by atoms with Crippen LogP contribution in [0.15, 0.2) is 36.9 Å². The third-order valence-electron chi connectivity index (χ3n) is 6.86. The second-order valence-corrected chi connectivity index (χ2v) is 10.5. The van der Waals surface area contributed by atoms with Crippen LogP contribution >= 0.6 is 23.7 Å². The molecule has 2 atom stereocenters. The van der Waals surface area contributed by atoms with Crippen molar-refractivity contribution in [2.45, 2.75) is 31.5 Å². The van der Waals surface area contributed by atoms with Gasteiger partial charge in [0.1, 0.15) is 6.26 Å². The minimum atomic E-state index is -1.41. The average molecular weight is 559 g/mol. The predicted molar refractivity (Wildman–Crippen MR) is 150 cm³/mol. The van der Waals surface area contributed by atoms with Crippen LogP contribution in [0.2, 0.25) is 0 Å². The summed E-state index contributed by atoms with van der Waals surface area (Å²) in [6.07, 6.45) is 6.70. The van der Waals surface area contributed by atoms with Crippen LogP contribution in [-0.4, -0.2) is 66.3 Å². The molecule has 3 aliphatic heterocycles. The lowest BCUT2D eigenvalue weighted by Gasteiger charge is -2.33. The first-order chi connectivity index (χ1) is 18.0. The lowest BCUT2D eigenvalue weighted by Crippen LogP contribution is -2.49. The lowest BCUT2D eigenvalue weighted by atomic mass is 10.0. The highest BCUT2D eigenvalue weighted by molar-refractivity contribution is 7.22. The molecule has 2 fully saturated rings. The van der Waals surface area contributed by atoms with Crippen molar-refractivity contribution in [2.75, 3.05) is 54.5 Å². The van der Waals surface area contributed by atoms with Crippen molar-refractivity contribution in [1.82, 2.24) is 20.3 Å². The summed E-state index contributed by atoms with van der Waals surface area (Å²) in [6, 6.07) is 5.62. The number of fused-ring (bicyclic) bond motifs is 1. The normalized spacial score (nSPS) is 23.1. The van der Waals surface area contributed by atoms with E-state index in [4.69, 9.17) is 25.2 Å². The summed E-state index contributed by atoms with van der Waals surface area (Å²) in [7, 11) is 0. The molecule has 2 saturated heterocycles. The van der Waals surface area contributed by atoms with Gasteiger partial charge in [-0.2, -0.15) is 4.98 Å². The second-order valence-electron chi connectivity index (χ2n) is 9.51. The van der Waals surface area contributed by atoms with Gasteiger partial charge in [0, 0.05) is 55.9 Å². The number of anilines is 3. The molecule has 3 aromatic heterocycles. The van der Waals surface area contributed by atoms with E-state index < -0.39 is 5.72 Å². The van der Waals surface area contributed by atoms with Crippen LogP contribution in [0.25, 0.3) is 10.3 Å². The van der Waals surface area contributed by atoms with Crippen molar-refractivity contribution in [2.24, 2.45) is 5.73 Å². The molecule has 38 heavy (non-hydrogen) atoms. The molecular weight excluding hydrogens is 528 g/mol. The molecule has 0 saturated carbocycles. The quantitative estimate of drug-likeness (QED) is 0.429. The van der Waals surface area contributed by atoms with Gasteiger partial charge in [-0.25, -0.2) is 4.98 Å². The van der Waals surface area contributed by atoms with Crippen molar-refractivity contribution in [3.8, 4) is 0 Å². The van der Waals surface area contributed by atoms with E-state index >= 15 is 0 Å². The van der Waals surface area contributed by atoms with Crippen molar-refractivity contribution in [1.29, 1.82) is 0 Å². The number of morpholine rings is 1. The Bertz CT molecular complexity index is 1340. The number of pyridine rings is 2. The number of amides is 1. The van der Waals surface area contributed by atoms with Gasteiger partial charge in [-0.3, -0.25) is 9.78 Å². The Balaban J connectivity index is 0.00000294. The summed E-state index contributed by atoms with van der Waals surface area (Å²) in [5.74, 6) is 0.312. The minimum absolute atomic E-state index is 0. The van der Waals surface area contributed by atoms with E-state index in [2.05, 4.69) is 25.4 Å². The van der Waals surface area contributed by atoms with Gasteiger partial charge in [-0.1, -0.05) is 11.3 Å². The summed E-state index contributed by atoms with van der Waals surface area (Å²) in [4.78, 5) is 32.3. The zero-order chi connectivity index (χ0) is 25.4. The molecule has 4 N–H and O–H groups in total. The molecule has 3 aliphatic rings. The van der Waals surface area contributed by atoms with Gasteiger partial charge < -0.3 is 35.6 Å². The van der Waals surface area contributed by atoms with E-state index in [0.29, 0.717) is 42.5 Å². The third-order valence-corrected chi connectivity index (χ3v) is 7.91. The molecule has 1 amide bonds. The molecule has 0 spiro atoms. The van der Waals surface area contributed by atoms with Crippen LogP contribution in [0, 0.1) is 6.92 Å². The monoisotopic (exact) mass is 558 g/mol. The van der Waals surface area contributed by atoms with E-state index in [1.54, 1.807) is 29.8 Å². The smallest absolute Gasteiger partial charge is 0.295 e. The molecule has 6 heterocycles. The molecule has 0 radical (unpaired) electrons. The number of hydrogen-bond donors (Lipinski definition) is 3. The number of halogens is 1. The van der Waals surface area contributed by atoms with E-state index in [-0.39, 0.29) is 24.4 Å². The maximum absolute atomic E-state index is 13.9. The van der Waals surface area contributed by atoms with Gasteiger partial charge in [0.05, 0.1) is 23.6 Å². The van der Waals surface area contributed by atoms with Crippen LogP contribution in [0.3, 0.4) is 0 Å². The number of carbonyl (C=O) groups is 1. The summed E-state index contributed by atoms with van der Waals surface area (Å²) in [5.41, 5.74) is 7.60. The first kappa shape index (κ1) is 26.4. The van der Waals surface area contributed by atoms with Gasteiger partial charge in [0.25, 0.3) is 11.6 Å². The van der Waals surface area contributed by atoms with Gasteiger partial charge in [0.2, 0.25) is 0 Å². The molecule has 3 aromatic rings. The highest BCUT2D eigenvalue weighted by atomic mass is 35.5. The number of nitrogens with two attached hydrogens (primary N) is 1. The zero-order valence-corrected chi connectivity index (χ0v) is 22.7. The number of nitrogens with zero attached hydrogens (tertiary/aromatic N) is 5. The molecule has 0 aliphatic carbocycles. The highest BCUT2D eigenvalue weighted by Crippen LogP contribution is 2.37. The van der Waals surface area contributed by atoms with E-state index in [0.717, 1.165) is 48.0 Å². The van der Waals surface area contributed by atoms with E-state index in [9.17, 15) is 4.79 Å². The number of rotatable bonds is 5. The van der Waals surface area contributed by atoms with E-state index in [1.807, 2.05) is 19.1 Å². The molecular formula is C25H31ClN8O3S. The Morgan fingerprint density at radius 1 is 1.24 bits per heavy atom. The Morgan fingerprint density at radius 3 is 2.82 bits per heavy atom. The largest absolute Gasteiger partial charge is 0.461 e. The van der Waals surface area contributed by atoms with Gasteiger partial charge in [-0.05, 0) is 38.0 Å². The molecule has 13 heteroatoms. The maximum atomic E-state index is 13.9. The number of carbonyl (C=O) groups excluding carboxylic acids is 1. The average Bonchev–Trinajstić information content (AvgIpc) is 3.57. The van der Waals surface area contributed by atoms with Crippen LogP contribution in [0.4, 0.5) is 16.6 Å². The number of hydrogen-bond acceptors (Lipinski definition) is 11. The first-order valence-corrected chi connectivity index (χ1v) is 13.3.